The van der Waals surface area contributed by atoms with Crippen LogP contribution in [-0.2, 0) is 10.0 Å². The van der Waals surface area contributed by atoms with Gasteiger partial charge in [0.25, 0.3) is 15.9 Å². The normalized spacial score (nSPS) is 11.4. The lowest BCUT2D eigenvalue weighted by atomic mass is 10.2. The third-order valence-corrected chi connectivity index (χ3v) is 8.59. The van der Waals surface area contributed by atoms with Crippen molar-refractivity contribution in [2.45, 2.75) is 32.6 Å². The molecular formula is C26H30ClIN6O4S. The number of nitrogens with one attached hydrogen (secondary N) is 2. The Morgan fingerprint density at radius 2 is 1.56 bits per heavy atom. The van der Waals surface area contributed by atoms with Crippen LogP contribution in [0, 0.1) is 17.4 Å². The fourth-order valence-corrected chi connectivity index (χ4v) is 6.06. The predicted octanol–water partition coefficient (Wildman–Crippen LogP) is 4.85. The highest BCUT2D eigenvalue weighted by atomic mass is 127. The maximum Gasteiger partial charge on any atom is 0.326 e. The molecule has 0 aliphatic heterocycles. The highest BCUT2D eigenvalue weighted by Gasteiger charge is 2.28. The Labute approximate surface area is 247 Å². The SMILES string of the molecule is CCN(CC)CCN(c1nc(C)cc(C)n1)S(=O)(=O)c1ccc(NC(=O)NC(=O)c2ccc(I)cc2Cl)cc1. The molecule has 0 saturated carbocycles. The number of aryl methyl sites for hydroxylation is 2. The molecule has 0 radical (unpaired) electrons. The minimum atomic E-state index is -4.02. The summed E-state index contributed by atoms with van der Waals surface area (Å²) in [5.41, 5.74) is 1.77. The zero-order valence-corrected chi connectivity index (χ0v) is 25.8. The second kappa shape index (κ2) is 13.5. The maximum atomic E-state index is 13.7. The second-order valence-corrected chi connectivity index (χ2v) is 12.1. The van der Waals surface area contributed by atoms with E-state index in [0.29, 0.717) is 23.6 Å². The van der Waals surface area contributed by atoms with E-state index in [1.165, 1.54) is 34.6 Å². The van der Waals surface area contributed by atoms with Crippen LogP contribution < -0.4 is 14.9 Å². The molecule has 0 aliphatic rings. The number of rotatable bonds is 10. The van der Waals surface area contributed by atoms with E-state index in [1.807, 2.05) is 13.8 Å². The molecular weight excluding hydrogens is 655 g/mol. The van der Waals surface area contributed by atoms with Crippen LogP contribution in [0.1, 0.15) is 35.6 Å². The molecule has 1 heterocycles. The Morgan fingerprint density at radius 3 is 2.13 bits per heavy atom. The number of nitrogens with zero attached hydrogens (tertiary/aromatic N) is 4. The minimum Gasteiger partial charge on any atom is -0.308 e. The zero-order chi connectivity index (χ0) is 28.7. The van der Waals surface area contributed by atoms with Gasteiger partial charge < -0.3 is 10.2 Å². The van der Waals surface area contributed by atoms with Crippen molar-refractivity contribution in [3.05, 3.63) is 74.1 Å². The van der Waals surface area contributed by atoms with E-state index >= 15 is 0 Å². The Kier molecular flexibility index (Phi) is 10.6. The molecule has 2 N–H and O–H groups in total. The van der Waals surface area contributed by atoms with Crippen molar-refractivity contribution in [1.82, 2.24) is 20.2 Å². The fourth-order valence-electron chi connectivity index (χ4n) is 3.76. The molecule has 3 rings (SSSR count). The summed E-state index contributed by atoms with van der Waals surface area (Å²) in [7, 11) is -4.02. The smallest absolute Gasteiger partial charge is 0.308 e. The first-order chi connectivity index (χ1) is 18.4. The minimum absolute atomic E-state index is 0.0116. The molecule has 3 aromatic rings. The van der Waals surface area contributed by atoms with E-state index in [1.54, 1.807) is 32.0 Å². The van der Waals surface area contributed by atoms with E-state index in [9.17, 15) is 18.0 Å². The number of sulfonamides is 1. The molecule has 3 amide bonds. The number of benzene rings is 2. The average molecular weight is 685 g/mol. The van der Waals surface area contributed by atoms with Crippen molar-refractivity contribution in [2.75, 3.05) is 35.8 Å². The third kappa shape index (κ3) is 8.10. The largest absolute Gasteiger partial charge is 0.326 e. The number of imide groups is 1. The van der Waals surface area contributed by atoms with Gasteiger partial charge in [-0.15, -0.1) is 0 Å². The first-order valence-electron chi connectivity index (χ1n) is 12.2. The molecule has 39 heavy (non-hydrogen) atoms. The van der Waals surface area contributed by atoms with Crippen LogP contribution in [-0.4, -0.2) is 61.4 Å². The Morgan fingerprint density at radius 1 is 0.949 bits per heavy atom. The molecule has 0 fully saturated rings. The van der Waals surface area contributed by atoms with Crippen LogP contribution >= 0.6 is 34.2 Å². The third-order valence-electron chi connectivity index (χ3n) is 5.81. The van der Waals surface area contributed by atoms with Crippen molar-refractivity contribution < 1.29 is 18.0 Å². The number of likely N-dealkylation sites (N-methyl/N-ethyl adjacent to an activating group) is 1. The van der Waals surface area contributed by atoms with Gasteiger partial charge >= 0.3 is 6.03 Å². The topological polar surface area (TPSA) is 125 Å². The maximum absolute atomic E-state index is 13.7. The summed E-state index contributed by atoms with van der Waals surface area (Å²) in [6, 6.07) is 11.5. The van der Waals surface area contributed by atoms with Crippen molar-refractivity contribution in [3.8, 4) is 0 Å². The van der Waals surface area contributed by atoms with E-state index in [4.69, 9.17) is 11.6 Å². The summed E-state index contributed by atoms with van der Waals surface area (Å²) in [5, 5.41) is 4.97. The van der Waals surface area contributed by atoms with Crippen molar-refractivity contribution in [1.29, 1.82) is 0 Å². The van der Waals surface area contributed by atoms with Gasteiger partial charge in [-0.2, -0.15) is 0 Å². The van der Waals surface area contributed by atoms with Crippen LogP contribution in [0.15, 0.2) is 53.4 Å². The molecule has 1 aromatic heterocycles. The molecule has 2 aromatic carbocycles. The summed E-state index contributed by atoms with van der Waals surface area (Å²) < 4.78 is 29.5. The molecule has 0 aliphatic carbocycles. The molecule has 0 atom stereocenters. The number of amides is 3. The lowest BCUT2D eigenvalue weighted by molar-refractivity contribution is 0.0967. The first-order valence-corrected chi connectivity index (χ1v) is 15.1. The average Bonchev–Trinajstić information content (AvgIpc) is 2.86. The van der Waals surface area contributed by atoms with Gasteiger partial charge in [0.2, 0.25) is 5.95 Å². The van der Waals surface area contributed by atoms with Gasteiger partial charge in [-0.1, -0.05) is 25.4 Å². The van der Waals surface area contributed by atoms with Gasteiger partial charge in [0, 0.05) is 27.2 Å². The fraction of sp³-hybridized carbons (Fsp3) is 0.308. The van der Waals surface area contributed by atoms with Crippen LogP contribution in [0.25, 0.3) is 0 Å². The number of aromatic nitrogens is 2. The molecule has 0 bridgehead atoms. The molecule has 0 saturated heterocycles. The number of carbonyl (C=O) groups is 2. The first kappa shape index (κ1) is 30.7. The quantitative estimate of drug-likeness (QED) is 0.293. The van der Waals surface area contributed by atoms with Crippen molar-refractivity contribution >= 4 is 67.8 Å². The number of urea groups is 1. The number of anilines is 2. The lowest BCUT2D eigenvalue weighted by Crippen LogP contribution is -2.40. The van der Waals surface area contributed by atoms with Crippen LogP contribution in [0.3, 0.4) is 0 Å². The van der Waals surface area contributed by atoms with E-state index in [0.717, 1.165) is 16.7 Å². The standard InChI is InChI=1S/C26H30ClIN6O4S/c1-5-33(6-2)13-14-34(25-29-17(3)15-18(4)30-25)39(37,38)21-10-8-20(9-11-21)31-26(36)32-24(35)22-12-7-19(28)16-23(22)27/h7-12,15-16H,5-6,13-14H2,1-4H3,(H2,31,32,35,36). The van der Waals surface area contributed by atoms with Crippen molar-refractivity contribution in [2.24, 2.45) is 0 Å². The summed E-state index contributed by atoms with van der Waals surface area (Å²) >= 11 is 8.17. The number of halogens is 2. The van der Waals surface area contributed by atoms with E-state index < -0.39 is 22.0 Å². The van der Waals surface area contributed by atoms with Crippen LogP contribution in [0.5, 0.6) is 0 Å². The lowest BCUT2D eigenvalue weighted by Gasteiger charge is -2.26. The van der Waals surface area contributed by atoms with Crippen molar-refractivity contribution in [3.63, 3.8) is 0 Å². The summed E-state index contributed by atoms with van der Waals surface area (Å²) in [4.78, 5) is 35.7. The molecule has 13 heteroatoms. The number of carbonyl (C=O) groups excluding carboxylic acids is 2. The zero-order valence-electron chi connectivity index (χ0n) is 22.0. The Balaban J connectivity index is 1.79. The highest BCUT2D eigenvalue weighted by molar-refractivity contribution is 14.1. The van der Waals surface area contributed by atoms with E-state index in [2.05, 4.69) is 48.1 Å². The number of hydrogen-bond acceptors (Lipinski definition) is 7. The molecule has 0 unspecified atom stereocenters. The Hall–Kier alpha value is -2.81. The van der Waals surface area contributed by atoms with Gasteiger partial charge in [-0.3, -0.25) is 10.1 Å². The predicted molar refractivity (Wildman–Crippen MR) is 161 cm³/mol. The summed E-state index contributed by atoms with van der Waals surface area (Å²) in [6.45, 7) is 9.82. The van der Waals surface area contributed by atoms with Gasteiger partial charge in [-0.05, 0) is 98.1 Å². The highest BCUT2D eigenvalue weighted by Crippen LogP contribution is 2.23. The van der Waals surface area contributed by atoms with E-state index in [-0.39, 0.29) is 28.0 Å². The van der Waals surface area contributed by atoms with Gasteiger partial charge in [-0.25, -0.2) is 27.5 Å². The van der Waals surface area contributed by atoms with Gasteiger partial charge in [0.1, 0.15) is 0 Å². The van der Waals surface area contributed by atoms with Crippen LogP contribution in [0.2, 0.25) is 5.02 Å². The molecule has 208 valence electrons. The van der Waals surface area contributed by atoms with Gasteiger partial charge in [0.05, 0.1) is 22.0 Å². The monoisotopic (exact) mass is 684 g/mol. The summed E-state index contributed by atoms with van der Waals surface area (Å²) in [6.07, 6.45) is 0. The van der Waals surface area contributed by atoms with Gasteiger partial charge in [0.15, 0.2) is 0 Å². The molecule has 0 spiro atoms. The number of hydrogen-bond donors (Lipinski definition) is 2. The Bertz CT molecular complexity index is 1430. The molecule has 10 nitrogen and oxygen atoms in total. The summed E-state index contributed by atoms with van der Waals surface area (Å²) in [5.74, 6) is -0.556. The van der Waals surface area contributed by atoms with Crippen LogP contribution in [0.4, 0.5) is 16.4 Å². The second-order valence-electron chi connectivity index (χ2n) is 8.61.